The highest BCUT2D eigenvalue weighted by Crippen LogP contribution is 2.22. The molecule has 1 aliphatic carbocycles. The maximum absolute atomic E-state index is 12.2. The number of rotatable bonds is 7. The SMILES string of the molecule is CCOc1ccccc1C(=O)NCC(=O)NCC1CCCCC1. The van der Waals surface area contributed by atoms with Gasteiger partial charge in [0.25, 0.3) is 5.91 Å². The Hall–Kier alpha value is -2.04. The van der Waals surface area contributed by atoms with E-state index in [0.717, 1.165) is 0 Å². The summed E-state index contributed by atoms with van der Waals surface area (Å²) in [5.74, 6) is 0.692. The van der Waals surface area contributed by atoms with Crippen LogP contribution in [0.4, 0.5) is 0 Å². The quantitative estimate of drug-likeness (QED) is 0.812. The van der Waals surface area contributed by atoms with E-state index >= 15 is 0 Å². The second-order valence-electron chi connectivity index (χ2n) is 5.92. The highest BCUT2D eigenvalue weighted by Gasteiger charge is 2.15. The van der Waals surface area contributed by atoms with Gasteiger partial charge in [-0.1, -0.05) is 31.4 Å². The van der Waals surface area contributed by atoms with E-state index < -0.39 is 0 Å². The summed E-state index contributed by atoms with van der Waals surface area (Å²) < 4.78 is 5.43. The third-order valence-corrected chi connectivity index (χ3v) is 4.15. The van der Waals surface area contributed by atoms with E-state index in [9.17, 15) is 9.59 Å². The predicted molar refractivity (Wildman–Crippen MR) is 89.5 cm³/mol. The summed E-state index contributed by atoms with van der Waals surface area (Å²) in [6, 6.07) is 7.04. The summed E-state index contributed by atoms with van der Waals surface area (Å²) in [7, 11) is 0. The average Bonchev–Trinajstić information content (AvgIpc) is 2.59. The van der Waals surface area contributed by atoms with Crippen LogP contribution < -0.4 is 15.4 Å². The molecule has 0 aliphatic heterocycles. The Labute approximate surface area is 137 Å². The number of nitrogens with one attached hydrogen (secondary N) is 2. The third kappa shape index (κ3) is 5.58. The van der Waals surface area contributed by atoms with Crippen LogP contribution in [0.25, 0.3) is 0 Å². The fourth-order valence-electron chi connectivity index (χ4n) is 2.90. The molecule has 0 unspecified atom stereocenters. The van der Waals surface area contributed by atoms with E-state index in [1.54, 1.807) is 18.2 Å². The smallest absolute Gasteiger partial charge is 0.255 e. The van der Waals surface area contributed by atoms with Gasteiger partial charge in [-0.15, -0.1) is 0 Å². The molecule has 0 radical (unpaired) electrons. The van der Waals surface area contributed by atoms with E-state index in [1.807, 2.05) is 13.0 Å². The van der Waals surface area contributed by atoms with Gasteiger partial charge < -0.3 is 15.4 Å². The van der Waals surface area contributed by atoms with Gasteiger partial charge in [-0.3, -0.25) is 9.59 Å². The van der Waals surface area contributed by atoms with Crippen molar-refractivity contribution in [1.29, 1.82) is 0 Å². The molecular formula is C18H26N2O3. The monoisotopic (exact) mass is 318 g/mol. The first kappa shape index (κ1) is 17.3. The standard InChI is InChI=1S/C18H26N2O3/c1-2-23-16-11-7-6-10-15(16)18(22)20-13-17(21)19-12-14-8-4-3-5-9-14/h6-7,10-11,14H,2-5,8-9,12-13H2,1H3,(H,19,21)(H,20,22). The van der Waals surface area contributed by atoms with Crippen LogP contribution in [0.5, 0.6) is 5.75 Å². The molecule has 0 atom stereocenters. The summed E-state index contributed by atoms with van der Waals surface area (Å²) in [5.41, 5.74) is 0.453. The van der Waals surface area contributed by atoms with Crippen molar-refractivity contribution in [3.05, 3.63) is 29.8 Å². The Morgan fingerprint density at radius 3 is 2.61 bits per heavy atom. The molecule has 2 amide bonds. The zero-order valence-corrected chi connectivity index (χ0v) is 13.8. The average molecular weight is 318 g/mol. The summed E-state index contributed by atoms with van der Waals surface area (Å²) in [5, 5.41) is 5.57. The number of carbonyl (C=O) groups is 2. The molecule has 5 nitrogen and oxygen atoms in total. The van der Waals surface area contributed by atoms with E-state index in [1.165, 1.54) is 32.1 Å². The Bertz CT molecular complexity index is 525. The molecule has 1 aliphatic rings. The molecule has 2 rings (SSSR count). The van der Waals surface area contributed by atoms with Crippen molar-refractivity contribution in [2.45, 2.75) is 39.0 Å². The largest absolute Gasteiger partial charge is 0.493 e. The molecule has 1 aromatic rings. The number of amides is 2. The lowest BCUT2D eigenvalue weighted by Gasteiger charge is -2.21. The van der Waals surface area contributed by atoms with Crippen LogP contribution in [0.3, 0.4) is 0 Å². The van der Waals surface area contributed by atoms with Crippen LogP contribution in [0.15, 0.2) is 24.3 Å². The van der Waals surface area contributed by atoms with Crippen molar-refractivity contribution in [3.8, 4) is 5.75 Å². The van der Waals surface area contributed by atoms with Crippen LogP contribution >= 0.6 is 0 Å². The normalized spacial score (nSPS) is 15.0. The van der Waals surface area contributed by atoms with Gasteiger partial charge in [0.05, 0.1) is 18.7 Å². The highest BCUT2D eigenvalue weighted by molar-refractivity contribution is 5.98. The van der Waals surface area contributed by atoms with Crippen molar-refractivity contribution in [3.63, 3.8) is 0 Å². The minimum atomic E-state index is -0.290. The highest BCUT2D eigenvalue weighted by atomic mass is 16.5. The molecule has 126 valence electrons. The van der Waals surface area contributed by atoms with Crippen molar-refractivity contribution in [2.75, 3.05) is 19.7 Å². The first-order chi connectivity index (χ1) is 11.2. The molecule has 5 heteroatoms. The molecule has 0 saturated heterocycles. The topological polar surface area (TPSA) is 67.4 Å². The minimum absolute atomic E-state index is 0.00792. The number of ether oxygens (including phenoxy) is 1. The van der Waals surface area contributed by atoms with Crippen LogP contribution in [-0.4, -0.2) is 31.5 Å². The lowest BCUT2D eigenvalue weighted by Crippen LogP contribution is -2.39. The molecule has 0 bridgehead atoms. The molecule has 0 aromatic heterocycles. The molecule has 1 aromatic carbocycles. The van der Waals surface area contributed by atoms with E-state index in [4.69, 9.17) is 4.74 Å². The summed E-state index contributed by atoms with van der Waals surface area (Å²) in [6.07, 6.45) is 6.19. The lowest BCUT2D eigenvalue weighted by atomic mass is 9.89. The van der Waals surface area contributed by atoms with Gasteiger partial charge in [0.15, 0.2) is 0 Å². The molecule has 23 heavy (non-hydrogen) atoms. The van der Waals surface area contributed by atoms with Crippen molar-refractivity contribution in [1.82, 2.24) is 10.6 Å². The summed E-state index contributed by atoms with van der Waals surface area (Å²) in [6.45, 7) is 3.07. The first-order valence-corrected chi connectivity index (χ1v) is 8.47. The second kappa shape index (κ2) is 9.18. The van der Waals surface area contributed by atoms with Gasteiger partial charge in [0.2, 0.25) is 5.91 Å². The fraction of sp³-hybridized carbons (Fsp3) is 0.556. The zero-order valence-electron chi connectivity index (χ0n) is 13.8. The van der Waals surface area contributed by atoms with E-state index in [0.29, 0.717) is 30.4 Å². The number of hydrogen-bond donors (Lipinski definition) is 2. The van der Waals surface area contributed by atoms with Crippen molar-refractivity contribution in [2.24, 2.45) is 5.92 Å². The van der Waals surface area contributed by atoms with Crippen molar-refractivity contribution < 1.29 is 14.3 Å². The lowest BCUT2D eigenvalue weighted by molar-refractivity contribution is -0.120. The maximum Gasteiger partial charge on any atom is 0.255 e. The predicted octanol–water partition coefficient (Wildman–Crippen LogP) is 2.51. The van der Waals surface area contributed by atoms with Gasteiger partial charge in [-0.05, 0) is 37.8 Å². The Balaban J connectivity index is 1.76. The number of carbonyl (C=O) groups excluding carboxylic acids is 2. The molecule has 0 heterocycles. The van der Waals surface area contributed by atoms with Gasteiger partial charge in [0, 0.05) is 6.54 Å². The molecule has 1 fully saturated rings. The van der Waals surface area contributed by atoms with Gasteiger partial charge in [-0.2, -0.15) is 0 Å². The number of para-hydroxylation sites is 1. The Morgan fingerprint density at radius 1 is 1.13 bits per heavy atom. The molecular weight excluding hydrogens is 292 g/mol. The van der Waals surface area contributed by atoms with E-state index in [-0.39, 0.29) is 18.4 Å². The Morgan fingerprint density at radius 2 is 1.87 bits per heavy atom. The van der Waals surface area contributed by atoms with E-state index in [2.05, 4.69) is 10.6 Å². The third-order valence-electron chi connectivity index (χ3n) is 4.15. The van der Waals surface area contributed by atoms with Crippen LogP contribution in [-0.2, 0) is 4.79 Å². The van der Waals surface area contributed by atoms with Crippen LogP contribution in [0.1, 0.15) is 49.4 Å². The molecule has 0 spiro atoms. The van der Waals surface area contributed by atoms with Gasteiger partial charge in [-0.25, -0.2) is 0 Å². The van der Waals surface area contributed by atoms with Gasteiger partial charge in [0.1, 0.15) is 5.75 Å². The molecule has 2 N–H and O–H groups in total. The zero-order chi connectivity index (χ0) is 16.5. The summed E-state index contributed by atoms with van der Waals surface area (Å²) >= 11 is 0. The number of hydrogen-bond acceptors (Lipinski definition) is 3. The summed E-state index contributed by atoms with van der Waals surface area (Å²) in [4.78, 5) is 24.1. The number of benzene rings is 1. The molecule has 1 saturated carbocycles. The van der Waals surface area contributed by atoms with Crippen LogP contribution in [0.2, 0.25) is 0 Å². The van der Waals surface area contributed by atoms with Gasteiger partial charge >= 0.3 is 0 Å². The van der Waals surface area contributed by atoms with Crippen molar-refractivity contribution >= 4 is 11.8 Å². The second-order valence-corrected chi connectivity index (χ2v) is 5.92. The first-order valence-electron chi connectivity index (χ1n) is 8.47. The van der Waals surface area contributed by atoms with Crippen LogP contribution in [0, 0.1) is 5.92 Å². The Kier molecular flexibility index (Phi) is 6.91. The minimum Gasteiger partial charge on any atom is -0.493 e. The fourth-order valence-corrected chi connectivity index (χ4v) is 2.90. The maximum atomic E-state index is 12.2.